The molecule has 0 saturated carbocycles. The van der Waals surface area contributed by atoms with Crippen LogP contribution in [0.15, 0.2) is 29.5 Å². The third-order valence-corrected chi connectivity index (χ3v) is 7.70. The van der Waals surface area contributed by atoms with Crippen LogP contribution in [0.4, 0.5) is 5.69 Å². The molecule has 2 heterocycles. The normalized spacial score (nSPS) is 13.6. The first-order valence-electron chi connectivity index (χ1n) is 12.4. The molecular formula is C25H39N7O2S2. The number of nitrogens with one attached hydrogen (secondary N) is 4. The van der Waals surface area contributed by atoms with Crippen LogP contribution in [0.3, 0.4) is 0 Å². The summed E-state index contributed by atoms with van der Waals surface area (Å²) >= 11 is 1.20. The van der Waals surface area contributed by atoms with Crippen molar-refractivity contribution in [3.05, 3.63) is 40.1 Å². The summed E-state index contributed by atoms with van der Waals surface area (Å²) in [5, 5.41) is 14.3. The number of aliphatic imine (C=N–C) groups is 1. The summed E-state index contributed by atoms with van der Waals surface area (Å²) < 4.78 is 15.3. The number of hydrogen-bond donors (Lipinski definition) is 4. The molecule has 9 nitrogen and oxygen atoms in total. The van der Waals surface area contributed by atoms with Crippen LogP contribution < -0.4 is 15.4 Å². The van der Waals surface area contributed by atoms with Gasteiger partial charge in [0.1, 0.15) is 11.0 Å². The third-order valence-electron chi connectivity index (χ3n) is 5.39. The summed E-state index contributed by atoms with van der Waals surface area (Å²) in [5.74, 6) is -0.288. The number of rotatable bonds is 16. The van der Waals surface area contributed by atoms with Crippen LogP contribution in [0.1, 0.15) is 86.2 Å². The van der Waals surface area contributed by atoms with Crippen LogP contribution in [0.5, 0.6) is 0 Å². The molecule has 198 valence electrons. The minimum absolute atomic E-state index is 0.0288. The lowest BCUT2D eigenvalue weighted by Gasteiger charge is -2.19. The first-order chi connectivity index (χ1) is 17.2. The van der Waals surface area contributed by atoms with Gasteiger partial charge in [-0.1, -0.05) is 33.1 Å². The second-order valence-corrected chi connectivity index (χ2v) is 11.8. The quantitative estimate of drug-likeness (QED) is 0.186. The number of hydrogen-bond acceptors (Lipinski definition) is 8. The molecule has 0 bridgehead atoms. The number of aromatic nitrogens is 2. The molecule has 0 spiro atoms. The van der Waals surface area contributed by atoms with Crippen LogP contribution in [0, 0.1) is 5.41 Å². The summed E-state index contributed by atoms with van der Waals surface area (Å²) in [6.45, 7) is 9.07. The highest BCUT2D eigenvalue weighted by Gasteiger charge is 2.20. The van der Waals surface area contributed by atoms with Gasteiger partial charge in [0.25, 0.3) is 5.91 Å². The van der Waals surface area contributed by atoms with Gasteiger partial charge in [-0.25, -0.2) is 9.19 Å². The Morgan fingerprint density at radius 1 is 1.19 bits per heavy atom. The average Bonchev–Trinajstić information content (AvgIpc) is 3.33. The number of nitrogens with zero attached hydrogens (tertiary/aromatic N) is 3. The van der Waals surface area contributed by atoms with Gasteiger partial charge >= 0.3 is 0 Å². The maximum absolute atomic E-state index is 13.1. The fourth-order valence-electron chi connectivity index (χ4n) is 3.41. The van der Waals surface area contributed by atoms with Gasteiger partial charge in [0.2, 0.25) is 0 Å². The Balaban J connectivity index is 2.12. The highest BCUT2D eigenvalue weighted by Crippen LogP contribution is 2.23. The van der Waals surface area contributed by atoms with Crippen LogP contribution in [0.2, 0.25) is 0 Å². The van der Waals surface area contributed by atoms with E-state index in [1.165, 1.54) is 11.3 Å². The molecule has 0 radical (unpaired) electrons. The Morgan fingerprint density at radius 2 is 1.94 bits per heavy atom. The summed E-state index contributed by atoms with van der Waals surface area (Å²) in [6.07, 6.45) is 9.34. The van der Waals surface area contributed by atoms with E-state index in [9.17, 15) is 9.00 Å². The van der Waals surface area contributed by atoms with Crippen LogP contribution in [-0.2, 0) is 11.0 Å². The molecule has 36 heavy (non-hydrogen) atoms. The fourth-order valence-corrected chi connectivity index (χ4v) is 4.83. The van der Waals surface area contributed by atoms with Gasteiger partial charge in [-0.3, -0.25) is 14.8 Å². The average molecular weight is 534 g/mol. The van der Waals surface area contributed by atoms with E-state index in [-0.39, 0.29) is 17.2 Å². The number of thiazole rings is 1. The molecule has 0 aromatic carbocycles. The molecule has 2 aromatic rings. The molecule has 1 amide bonds. The molecule has 2 atom stereocenters. The smallest absolute Gasteiger partial charge is 0.280 e. The molecule has 11 heteroatoms. The van der Waals surface area contributed by atoms with Gasteiger partial charge in [0.15, 0.2) is 5.01 Å². The van der Waals surface area contributed by atoms with E-state index in [4.69, 9.17) is 5.41 Å². The molecule has 4 N–H and O–H groups in total. The van der Waals surface area contributed by atoms with Crippen molar-refractivity contribution in [3.8, 4) is 0 Å². The number of pyridine rings is 1. The first kappa shape index (κ1) is 29.7. The lowest BCUT2D eigenvalue weighted by Crippen LogP contribution is -2.29. The molecule has 0 aliphatic rings. The van der Waals surface area contributed by atoms with Crippen molar-refractivity contribution in [2.24, 2.45) is 4.99 Å². The summed E-state index contributed by atoms with van der Waals surface area (Å²) in [4.78, 5) is 26.6. The number of unbranched alkanes of at least 4 members (excludes halogenated alkanes) is 3. The highest BCUT2D eigenvalue weighted by molar-refractivity contribution is 7.86. The van der Waals surface area contributed by atoms with Crippen molar-refractivity contribution < 1.29 is 9.00 Å². The molecule has 2 unspecified atom stereocenters. The monoisotopic (exact) mass is 533 g/mol. The Labute approximate surface area is 221 Å². The van der Waals surface area contributed by atoms with E-state index in [0.717, 1.165) is 44.9 Å². The second kappa shape index (κ2) is 15.6. The van der Waals surface area contributed by atoms with Gasteiger partial charge in [-0.05, 0) is 45.4 Å². The van der Waals surface area contributed by atoms with Crippen molar-refractivity contribution >= 4 is 45.8 Å². The number of carbonyl (C=O) groups is 1. The third kappa shape index (κ3) is 9.87. The first-order valence-corrected chi connectivity index (χ1v) is 14.4. The minimum Gasteiger partial charge on any atom is -0.342 e. The topological polar surface area (TPSA) is 132 Å². The fraction of sp³-hybridized carbons (Fsp3) is 0.560. The van der Waals surface area contributed by atoms with Crippen molar-refractivity contribution in [1.82, 2.24) is 20.6 Å². The lowest BCUT2D eigenvalue weighted by molar-refractivity contribution is 0.0932. The molecule has 2 rings (SSSR count). The zero-order chi connectivity index (χ0) is 26.5. The van der Waals surface area contributed by atoms with E-state index in [2.05, 4.69) is 44.2 Å². The van der Waals surface area contributed by atoms with E-state index < -0.39 is 11.0 Å². The maximum Gasteiger partial charge on any atom is 0.280 e. The van der Waals surface area contributed by atoms with Crippen LogP contribution in [-0.4, -0.2) is 56.9 Å². The van der Waals surface area contributed by atoms with E-state index in [1.807, 2.05) is 19.9 Å². The van der Waals surface area contributed by atoms with Gasteiger partial charge in [-0.2, -0.15) is 0 Å². The molecular weight excluding hydrogens is 494 g/mol. The Kier molecular flexibility index (Phi) is 12.9. The predicted octanol–water partition coefficient (Wildman–Crippen LogP) is 4.51. The van der Waals surface area contributed by atoms with Crippen LogP contribution in [0.25, 0.3) is 0 Å². The Hall–Kier alpha value is -2.50. The van der Waals surface area contributed by atoms with Crippen molar-refractivity contribution in [2.75, 3.05) is 18.3 Å². The number of anilines is 1. The molecule has 0 aliphatic carbocycles. The van der Waals surface area contributed by atoms with Crippen molar-refractivity contribution in [2.45, 2.75) is 77.1 Å². The van der Waals surface area contributed by atoms with Gasteiger partial charge in [-0.15, -0.1) is 11.3 Å². The lowest BCUT2D eigenvalue weighted by atomic mass is 10.0. The standard InChI is InChI=1S/C25H39N7O2S2/c1-17(2)28-12-9-7-6-8-10-20(21-14-19(11-13-29-21)32-36(34)18(3)4)31-24(33)25-30-16-23(35-25)22(15-26)27-5/h11,13-18,20,26,28H,6-10,12H2,1-5H3,(H,29,32)(H,31,33). The second-order valence-electron chi connectivity index (χ2n) is 9.04. The number of amides is 1. The molecule has 0 aliphatic heterocycles. The van der Waals surface area contributed by atoms with E-state index in [0.29, 0.717) is 33.0 Å². The molecule has 0 saturated heterocycles. The zero-order valence-corrected chi connectivity index (χ0v) is 23.5. The summed E-state index contributed by atoms with van der Waals surface area (Å²) in [5.41, 5.74) is 1.90. The zero-order valence-electron chi connectivity index (χ0n) is 21.8. The largest absolute Gasteiger partial charge is 0.342 e. The summed E-state index contributed by atoms with van der Waals surface area (Å²) in [7, 11) is 0.394. The molecule has 2 aromatic heterocycles. The SMILES string of the molecule is CN=C(C=N)c1cnc(C(=O)NC(CCCCCCNC(C)C)c2cc(NS(=O)C(C)C)ccn2)s1. The maximum atomic E-state index is 13.1. The Morgan fingerprint density at radius 3 is 2.61 bits per heavy atom. The minimum atomic E-state index is -1.21. The Bertz CT molecular complexity index is 1040. The van der Waals surface area contributed by atoms with Crippen molar-refractivity contribution in [3.63, 3.8) is 0 Å². The van der Waals surface area contributed by atoms with Gasteiger partial charge < -0.3 is 20.8 Å². The van der Waals surface area contributed by atoms with E-state index >= 15 is 0 Å². The predicted molar refractivity (Wildman–Crippen MR) is 151 cm³/mol. The van der Waals surface area contributed by atoms with Crippen molar-refractivity contribution in [1.29, 1.82) is 5.41 Å². The van der Waals surface area contributed by atoms with E-state index in [1.54, 1.807) is 25.5 Å². The number of carbonyl (C=O) groups excluding carboxylic acids is 1. The molecule has 0 fully saturated rings. The van der Waals surface area contributed by atoms with Crippen LogP contribution >= 0.6 is 11.3 Å². The highest BCUT2D eigenvalue weighted by atomic mass is 32.2. The van der Waals surface area contributed by atoms with Gasteiger partial charge in [0.05, 0.1) is 22.3 Å². The summed E-state index contributed by atoms with van der Waals surface area (Å²) in [6, 6.07) is 3.81. The van der Waals surface area contributed by atoms with Gasteiger partial charge in [0, 0.05) is 42.6 Å².